The number of alkyl halides is 3. The zero-order valence-corrected chi connectivity index (χ0v) is 23.5. The Balaban J connectivity index is 1.54. The second-order valence-electron chi connectivity index (χ2n) is 11.1. The van der Waals surface area contributed by atoms with Gasteiger partial charge in [-0.3, -0.25) is 19.7 Å². The monoisotopic (exact) mass is 592 g/mol. The third-order valence-electron chi connectivity index (χ3n) is 7.31. The van der Waals surface area contributed by atoms with Crippen LogP contribution in [-0.2, 0) is 19.1 Å². The number of benzene rings is 3. The lowest BCUT2D eigenvalue weighted by atomic mass is 9.75. The number of hydrogen-bond donors (Lipinski definition) is 1. The Morgan fingerprint density at radius 3 is 2.35 bits per heavy atom. The van der Waals surface area contributed by atoms with E-state index < -0.39 is 33.7 Å². The number of nitrogens with one attached hydrogen (secondary N) is 1. The summed E-state index contributed by atoms with van der Waals surface area (Å²) in [6.45, 7) is 3.94. The molecule has 0 aliphatic heterocycles. The number of halogens is 3. The zero-order valence-electron chi connectivity index (χ0n) is 23.5. The fourth-order valence-corrected chi connectivity index (χ4v) is 5.18. The molecule has 222 valence electrons. The number of rotatable bonds is 7. The van der Waals surface area contributed by atoms with Gasteiger partial charge in [0.05, 0.1) is 28.9 Å². The van der Waals surface area contributed by atoms with E-state index in [2.05, 4.69) is 10.4 Å². The van der Waals surface area contributed by atoms with E-state index in [1.54, 1.807) is 31.4 Å². The van der Waals surface area contributed by atoms with Crippen LogP contribution < -0.4 is 10.1 Å². The molecule has 0 saturated carbocycles. The molecule has 12 heteroatoms. The van der Waals surface area contributed by atoms with E-state index >= 15 is 0 Å². The number of hydrogen-bond acceptors (Lipinski definition) is 6. The minimum absolute atomic E-state index is 0.0246. The third-order valence-corrected chi connectivity index (χ3v) is 7.31. The molecule has 1 aliphatic carbocycles. The maximum absolute atomic E-state index is 13.3. The smallest absolute Gasteiger partial charge is 0.416 e. The first-order chi connectivity index (χ1) is 20.3. The first-order valence-corrected chi connectivity index (χ1v) is 13.3. The lowest BCUT2D eigenvalue weighted by molar-refractivity contribution is -0.384. The Hall–Kier alpha value is -5.00. The molecular formula is C31H27F3N4O5. The second kappa shape index (κ2) is 11.0. The molecule has 0 unspecified atom stereocenters. The molecule has 0 saturated heterocycles. The first-order valence-electron chi connectivity index (χ1n) is 13.3. The van der Waals surface area contributed by atoms with Crippen LogP contribution in [0.25, 0.3) is 16.9 Å². The molecular weight excluding hydrogens is 565 g/mol. The van der Waals surface area contributed by atoms with Crippen molar-refractivity contribution in [3.8, 4) is 22.7 Å². The highest BCUT2D eigenvalue weighted by Crippen LogP contribution is 2.41. The van der Waals surface area contributed by atoms with Gasteiger partial charge in [0.25, 0.3) is 11.6 Å². The standard InChI is InChI=1S/C31H27F3N4O5/c1-30(2)15-25-27(26(39)16-30)28(19-6-9-21(10-7-19)31(32,33)34)36-37(25)23-13-8-20(14-24(23)38(41)42)29(40)35-17-18-4-11-22(43-3)12-5-18/h4-14H,15-17H2,1-3H3,(H,35,40). The molecule has 4 aromatic rings. The van der Waals surface area contributed by atoms with Gasteiger partial charge in [0.1, 0.15) is 17.1 Å². The van der Waals surface area contributed by atoms with Crippen molar-refractivity contribution in [1.82, 2.24) is 15.1 Å². The van der Waals surface area contributed by atoms with Crippen LogP contribution in [0, 0.1) is 15.5 Å². The molecule has 0 radical (unpaired) electrons. The third kappa shape index (κ3) is 5.99. The molecule has 1 aliphatic rings. The summed E-state index contributed by atoms with van der Waals surface area (Å²) >= 11 is 0. The highest BCUT2D eigenvalue weighted by molar-refractivity contribution is 6.04. The Morgan fingerprint density at radius 1 is 1.07 bits per heavy atom. The number of carbonyl (C=O) groups excluding carboxylic acids is 2. The summed E-state index contributed by atoms with van der Waals surface area (Å²) in [6.07, 6.45) is -4.03. The van der Waals surface area contributed by atoms with Crippen LogP contribution in [0.5, 0.6) is 5.75 Å². The Bertz CT molecular complexity index is 1730. The molecule has 3 aromatic carbocycles. The molecule has 0 bridgehead atoms. The van der Waals surface area contributed by atoms with Crippen molar-refractivity contribution < 1.29 is 32.4 Å². The Kier molecular flexibility index (Phi) is 7.55. The average molecular weight is 593 g/mol. The van der Waals surface area contributed by atoms with Crippen LogP contribution in [0.15, 0.2) is 66.7 Å². The molecule has 9 nitrogen and oxygen atoms in total. The highest BCUT2D eigenvalue weighted by atomic mass is 19.4. The normalized spacial score (nSPS) is 14.2. The lowest BCUT2D eigenvalue weighted by Crippen LogP contribution is -2.28. The summed E-state index contributed by atoms with van der Waals surface area (Å²) in [5.74, 6) is -0.132. The van der Waals surface area contributed by atoms with Gasteiger partial charge in [-0.15, -0.1) is 0 Å². The number of carbonyl (C=O) groups is 2. The molecule has 1 N–H and O–H groups in total. The van der Waals surface area contributed by atoms with E-state index in [9.17, 15) is 32.9 Å². The number of nitrogens with zero attached hydrogens (tertiary/aromatic N) is 3. The SMILES string of the molecule is COc1ccc(CNC(=O)c2ccc(-n3nc(-c4ccc(C(F)(F)F)cc4)c4c3CC(C)(C)CC4=O)c([N+](=O)[O-])c2)cc1. The van der Waals surface area contributed by atoms with E-state index in [0.29, 0.717) is 17.9 Å². The summed E-state index contributed by atoms with van der Waals surface area (Å²) in [5.41, 5.74) is 0.145. The number of nitro benzene ring substituents is 1. The van der Waals surface area contributed by atoms with Gasteiger partial charge in [0, 0.05) is 30.2 Å². The fraction of sp³-hybridized carbons (Fsp3) is 0.258. The summed E-state index contributed by atoms with van der Waals surface area (Å²) in [7, 11) is 1.54. The molecule has 0 spiro atoms. The van der Waals surface area contributed by atoms with Gasteiger partial charge in [0.15, 0.2) is 5.78 Å². The quantitative estimate of drug-likeness (QED) is 0.192. The zero-order chi connectivity index (χ0) is 31.1. The van der Waals surface area contributed by atoms with Gasteiger partial charge in [-0.05, 0) is 53.8 Å². The van der Waals surface area contributed by atoms with E-state index in [0.717, 1.165) is 23.8 Å². The van der Waals surface area contributed by atoms with Crippen molar-refractivity contribution in [3.63, 3.8) is 0 Å². The number of amides is 1. The summed E-state index contributed by atoms with van der Waals surface area (Å²) < 4.78 is 45.9. The van der Waals surface area contributed by atoms with Gasteiger partial charge in [-0.2, -0.15) is 18.3 Å². The summed E-state index contributed by atoms with van der Waals surface area (Å²) in [4.78, 5) is 37.8. The van der Waals surface area contributed by atoms with E-state index in [-0.39, 0.29) is 46.8 Å². The van der Waals surface area contributed by atoms with Gasteiger partial charge < -0.3 is 10.1 Å². The van der Waals surface area contributed by atoms with Crippen molar-refractivity contribution in [2.45, 2.75) is 39.4 Å². The van der Waals surface area contributed by atoms with Gasteiger partial charge in [0.2, 0.25) is 0 Å². The number of ketones is 1. The predicted molar refractivity (Wildman–Crippen MR) is 151 cm³/mol. The lowest BCUT2D eigenvalue weighted by Gasteiger charge is -2.29. The van der Waals surface area contributed by atoms with Crippen LogP contribution in [0.1, 0.15) is 57.8 Å². The van der Waals surface area contributed by atoms with Crippen molar-refractivity contribution in [2.75, 3.05) is 7.11 Å². The molecule has 1 heterocycles. The molecule has 1 amide bonds. The topological polar surface area (TPSA) is 116 Å². The van der Waals surface area contributed by atoms with Gasteiger partial charge in [-0.1, -0.05) is 38.1 Å². The van der Waals surface area contributed by atoms with Gasteiger partial charge in [-0.25, -0.2) is 4.68 Å². The van der Waals surface area contributed by atoms with Crippen molar-refractivity contribution in [2.24, 2.45) is 5.41 Å². The fourth-order valence-electron chi connectivity index (χ4n) is 5.18. The minimum Gasteiger partial charge on any atom is -0.497 e. The number of Topliss-reactive ketones (excluding diaryl/α,β-unsaturated/α-hetero) is 1. The summed E-state index contributed by atoms with van der Waals surface area (Å²) in [6, 6.07) is 15.3. The minimum atomic E-state index is -4.54. The molecule has 1 aromatic heterocycles. The maximum Gasteiger partial charge on any atom is 0.416 e. The second-order valence-corrected chi connectivity index (χ2v) is 11.1. The Morgan fingerprint density at radius 2 is 1.74 bits per heavy atom. The maximum atomic E-state index is 13.3. The van der Waals surface area contributed by atoms with Crippen LogP contribution in [-0.4, -0.2) is 33.5 Å². The largest absolute Gasteiger partial charge is 0.497 e. The number of ether oxygens (including phenoxy) is 1. The van der Waals surface area contributed by atoms with Gasteiger partial charge >= 0.3 is 6.18 Å². The first kappa shape index (κ1) is 29.5. The predicted octanol–water partition coefficient (Wildman–Crippen LogP) is 6.56. The van der Waals surface area contributed by atoms with E-state index in [4.69, 9.17) is 4.74 Å². The molecule has 0 fully saturated rings. The van der Waals surface area contributed by atoms with Crippen LogP contribution in [0.3, 0.4) is 0 Å². The molecule has 43 heavy (non-hydrogen) atoms. The van der Waals surface area contributed by atoms with Crippen LogP contribution >= 0.6 is 0 Å². The number of methoxy groups -OCH3 is 1. The molecule has 0 atom stereocenters. The van der Waals surface area contributed by atoms with Crippen molar-refractivity contribution in [3.05, 3.63) is 105 Å². The molecule has 5 rings (SSSR count). The number of fused-ring (bicyclic) bond motifs is 1. The van der Waals surface area contributed by atoms with Crippen molar-refractivity contribution in [1.29, 1.82) is 0 Å². The van der Waals surface area contributed by atoms with E-state index in [1.165, 1.54) is 28.9 Å². The van der Waals surface area contributed by atoms with Crippen molar-refractivity contribution >= 4 is 17.4 Å². The Labute approximate surface area is 244 Å². The van der Waals surface area contributed by atoms with Crippen LogP contribution in [0.2, 0.25) is 0 Å². The van der Waals surface area contributed by atoms with E-state index in [1.807, 2.05) is 13.8 Å². The summed E-state index contributed by atoms with van der Waals surface area (Å²) in [5, 5.41) is 19.5. The van der Waals surface area contributed by atoms with Crippen LogP contribution in [0.4, 0.5) is 18.9 Å². The number of nitro groups is 1. The number of aromatic nitrogens is 2. The average Bonchev–Trinajstić information content (AvgIpc) is 3.34. The highest BCUT2D eigenvalue weighted by Gasteiger charge is 2.38.